The Balaban J connectivity index is 1.57. The van der Waals surface area contributed by atoms with Crippen LogP contribution >= 0.6 is 11.5 Å². The number of carbonyl (C=O) groups is 1. The van der Waals surface area contributed by atoms with Gasteiger partial charge in [0.25, 0.3) is 0 Å². The van der Waals surface area contributed by atoms with Crippen molar-refractivity contribution in [1.82, 2.24) is 14.3 Å². The maximum atomic E-state index is 13.0. The van der Waals surface area contributed by atoms with E-state index in [0.717, 1.165) is 31.4 Å². The number of rotatable bonds is 3. The van der Waals surface area contributed by atoms with Crippen LogP contribution in [0.2, 0.25) is 0 Å². The largest absolute Gasteiger partial charge is 0.324 e. The van der Waals surface area contributed by atoms with Gasteiger partial charge in [-0.15, -0.1) is 0 Å². The summed E-state index contributed by atoms with van der Waals surface area (Å²) < 4.78 is 17.0. The zero-order valence-corrected chi connectivity index (χ0v) is 13.8. The fourth-order valence-electron chi connectivity index (χ4n) is 2.89. The molecule has 0 saturated carbocycles. The summed E-state index contributed by atoms with van der Waals surface area (Å²) in [7, 11) is 0. The molecule has 1 N–H and O–H groups in total. The average molecular weight is 334 g/mol. The van der Waals surface area contributed by atoms with E-state index in [9.17, 15) is 9.18 Å². The maximum absolute atomic E-state index is 13.0. The van der Waals surface area contributed by atoms with Crippen LogP contribution in [0.4, 0.5) is 14.3 Å². The number of likely N-dealkylation sites (tertiary alicyclic amines) is 1. The minimum atomic E-state index is -0.217. The van der Waals surface area contributed by atoms with Crippen LogP contribution in [0, 0.1) is 18.7 Å². The second kappa shape index (κ2) is 7.04. The Kier molecular flexibility index (Phi) is 4.85. The van der Waals surface area contributed by atoms with Crippen molar-refractivity contribution >= 4 is 22.7 Å². The van der Waals surface area contributed by atoms with E-state index in [1.807, 2.05) is 17.0 Å². The van der Waals surface area contributed by atoms with Crippen LogP contribution in [0.5, 0.6) is 0 Å². The van der Waals surface area contributed by atoms with Crippen LogP contribution in [-0.2, 0) is 6.42 Å². The van der Waals surface area contributed by atoms with Gasteiger partial charge in [-0.3, -0.25) is 5.32 Å². The molecule has 0 unspecified atom stereocenters. The zero-order chi connectivity index (χ0) is 16.2. The third kappa shape index (κ3) is 4.25. The van der Waals surface area contributed by atoms with Gasteiger partial charge >= 0.3 is 6.03 Å². The summed E-state index contributed by atoms with van der Waals surface area (Å²) in [5.74, 6) is 0.847. The number of aryl methyl sites for hydroxylation is 1. The van der Waals surface area contributed by atoms with Crippen molar-refractivity contribution in [3.05, 3.63) is 41.5 Å². The number of aromatic nitrogens is 2. The highest BCUT2D eigenvalue weighted by Gasteiger charge is 2.24. The Hall–Kier alpha value is -2.02. The lowest BCUT2D eigenvalue weighted by atomic mass is 9.91. The monoisotopic (exact) mass is 334 g/mol. The van der Waals surface area contributed by atoms with Crippen LogP contribution in [0.1, 0.15) is 24.2 Å². The molecule has 0 aliphatic carbocycles. The van der Waals surface area contributed by atoms with Gasteiger partial charge in [0.05, 0.1) is 0 Å². The minimum Gasteiger partial charge on any atom is -0.324 e. The Labute approximate surface area is 138 Å². The fourth-order valence-corrected chi connectivity index (χ4v) is 3.45. The van der Waals surface area contributed by atoms with Gasteiger partial charge in [-0.2, -0.15) is 4.37 Å². The lowest BCUT2D eigenvalue weighted by Crippen LogP contribution is -2.42. The van der Waals surface area contributed by atoms with Crippen molar-refractivity contribution in [3.8, 4) is 0 Å². The molecule has 2 heterocycles. The van der Waals surface area contributed by atoms with Gasteiger partial charge in [0.2, 0.25) is 5.13 Å². The number of nitrogens with zero attached hydrogens (tertiary/aromatic N) is 3. The van der Waals surface area contributed by atoms with Gasteiger partial charge in [0.15, 0.2) is 0 Å². The molecule has 122 valence electrons. The molecule has 23 heavy (non-hydrogen) atoms. The number of benzene rings is 1. The number of hydrogen-bond donors (Lipinski definition) is 1. The van der Waals surface area contributed by atoms with Crippen LogP contribution in [-0.4, -0.2) is 33.4 Å². The lowest BCUT2D eigenvalue weighted by molar-refractivity contribution is 0.177. The topological polar surface area (TPSA) is 58.1 Å². The smallest absolute Gasteiger partial charge is 0.323 e. The number of hydrogen-bond acceptors (Lipinski definition) is 4. The molecule has 0 bridgehead atoms. The molecule has 5 nitrogen and oxygen atoms in total. The lowest BCUT2D eigenvalue weighted by Gasteiger charge is -2.32. The quantitative estimate of drug-likeness (QED) is 0.935. The number of carbonyl (C=O) groups excluding carboxylic acids is 1. The van der Waals surface area contributed by atoms with Gasteiger partial charge in [-0.05, 0) is 49.8 Å². The molecule has 1 aliphatic rings. The number of anilines is 1. The normalized spacial score (nSPS) is 18.0. The Morgan fingerprint density at radius 2 is 2.22 bits per heavy atom. The minimum absolute atomic E-state index is 0.120. The highest BCUT2D eigenvalue weighted by atomic mass is 32.1. The van der Waals surface area contributed by atoms with Gasteiger partial charge < -0.3 is 4.90 Å². The third-order valence-corrected chi connectivity index (χ3v) is 4.71. The van der Waals surface area contributed by atoms with E-state index in [4.69, 9.17) is 0 Å². The van der Waals surface area contributed by atoms with Crippen LogP contribution in [0.25, 0.3) is 0 Å². The van der Waals surface area contributed by atoms with Crippen molar-refractivity contribution in [2.75, 3.05) is 18.4 Å². The molecule has 2 aromatic rings. The summed E-state index contributed by atoms with van der Waals surface area (Å²) >= 11 is 1.19. The first-order valence-corrected chi connectivity index (χ1v) is 8.48. The summed E-state index contributed by atoms with van der Waals surface area (Å²) in [6.07, 6.45) is 2.93. The highest BCUT2D eigenvalue weighted by Crippen LogP contribution is 2.22. The van der Waals surface area contributed by atoms with E-state index in [2.05, 4.69) is 14.7 Å². The van der Waals surface area contributed by atoms with Crippen LogP contribution in [0.3, 0.4) is 0 Å². The van der Waals surface area contributed by atoms with Gasteiger partial charge in [-0.25, -0.2) is 14.2 Å². The van der Waals surface area contributed by atoms with Gasteiger partial charge in [-0.1, -0.05) is 12.1 Å². The third-order valence-electron chi connectivity index (χ3n) is 3.99. The SMILES string of the molecule is Cc1nsc(NC(=O)N2CCC[C@@H](Cc3ccc(F)cc3)C2)n1. The van der Waals surface area contributed by atoms with Crippen molar-refractivity contribution < 1.29 is 9.18 Å². The molecule has 1 saturated heterocycles. The van der Waals surface area contributed by atoms with Crippen molar-refractivity contribution in [2.45, 2.75) is 26.2 Å². The van der Waals surface area contributed by atoms with E-state index in [-0.39, 0.29) is 11.8 Å². The molecule has 1 aromatic heterocycles. The van der Waals surface area contributed by atoms with Crippen molar-refractivity contribution in [1.29, 1.82) is 0 Å². The first-order chi connectivity index (χ1) is 11.1. The summed E-state index contributed by atoms with van der Waals surface area (Å²) in [6, 6.07) is 6.49. The zero-order valence-electron chi connectivity index (χ0n) is 13.0. The highest BCUT2D eigenvalue weighted by molar-refractivity contribution is 7.09. The van der Waals surface area contributed by atoms with E-state index < -0.39 is 0 Å². The van der Waals surface area contributed by atoms with E-state index in [1.54, 1.807) is 6.92 Å². The number of halogens is 1. The molecule has 7 heteroatoms. The van der Waals surface area contributed by atoms with E-state index >= 15 is 0 Å². The standard InChI is InChI=1S/C16H19FN4OS/c1-11-18-15(23-20-11)19-16(22)21-8-2-3-13(10-21)9-12-4-6-14(17)7-5-12/h4-7,13H,2-3,8-10H2,1H3,(H,18,19,20,22)/t13-/m0/s1. The summed E-state index contributed by atoms with van der Waals surface area (Å²) in [5, 5.41) is 3.34. The summed E-state index contributed by atoms with van der Waals surface area (Å²) in [6.45, 7) is 3.26. The fraction of sp³-hybridized carbons (Fsp3) is 0.438. The molecular weight excluding hydrogens is 315 g/mol. The first-order valence-electron chi connectivity index (χ1n) is 7.71. The molecule has 3 rings (SSSR count). The molecule has 0 spiro atoms. The Morgan fingerprint density at radius 3 is 2.91 bits per heavy atom. The van der Waals surface area contributed by atoms with Crippen molar-refractivity contribution in [3.63, 3.8) is 0 Å². The molecule has 1 fully saturated rings. The number of urea groups is 1. The molecule has 2 amide bonds. The predicted octanol–water partition coefficient (Wildman–Crippen LogP) is 3.47. The van der Waals surface area contributed by atoms with Crippen molar-refractivity contribution in [2.24, 2.45) is 5.92 Å². The number of nitrogens with one attached hydrogen (secondary N) is 1. The second-order valence-electron chi connectivity index (χ2n) is 5.86. The average Bonchev–Trinajstić information content (AvgIpc) is 2.95. The van der Waals surface area contributed by atoms with Crippen LogP contribution in [0.15, 0.2) is 24.3 Å². The molecular formula is C16H19FN4OS. The predicted molar refractivity (Wildman–Crippen MR) is 88.1 cm³/mol. The van der Waals surface area contributed by atoms with Gasteiger partial charge in [0.1, 0.15) is 11.6 Å². The van der Waals surface area contributed by atoms with Crippen LogP contribution < -0.4 is 5.32 Å². The van der Waals surface area contributed by atoms with E-state index in [1.165, 1.54) is 23.7 Å². The van der Waals surface area contributed by atoms with Gasteiger partial charge in [0, 0.05) is 24.6 Å². The maximum Gasteiger partial charge on any atom is 0.323 e. The Morgan fingerprint density at radius 1 is 1.43 bits per heavy atom. The molecule has 1 atom stereocenters. The second-order valence-corrected chi connectivity index (χ2v) is 6.61. The summed E-state index contributed by atoms with van der Waals surface area (Å²) in [4.78, 5) is 18.3. The number of amides is 2. The Bertz CT molecular complexity index is 673. The molecule has 1 aliphatic heterocycles. The first kappa shape index (κ1) is 15.9. The van der Waals surface area contributed by atoms with E-state index in [0.29, 0.717) is 23.4 Å². The number of piperidine rings is 1. The molecule has 0 radical (unpaired) electrons. The molecule has 1 aromatic carbocycles. The summed E-state index contributed by atoms with van der Waals surface area (Å²) in [5.41, 5.74) is 1.11.